The van der Waals surface area contributed by atoms with Crippen LogP contribution in [0, 0.1) is 0 Å². The maximum absolute atomic E-state index is 11.3. The maximum Gasteiger partial charge on any atom is 0.326 e. The smallest absolute Gasteiger partial charge is 0.326 e. The van der Waals surface area contributed by atoms with Crippen molar-refractivity contribution in [2.75, 3.05) is 33.7 Å². The van der Waals surface area contributed by atoms with Crippen LogP contribution in [0.1, 0.15) is 13.3 Å². The second kappa shape index (κ2) is 7.53. The summed E-state index contributed by atoms with van der Waals surface area (Å²) in [6.07, 6.45) is 0.511. The molecule has 2 N–H and O–H groups in total. The van der Waals surface area contributed by atoms with E-state index < -0.39 is 21.3 Å². The number of carboxylic acid groups (broad SMARTS) is 1. The van der Waals surface area contributed by atoms with Crippen molar-refractivity contribution in [2.24, 2.45) is 0 Å². The van der Waals surface area contributed by atoms with Crippen LogP contribution in [0.5, 0.6) is 0 Å². The van der Waals surface area contributed by atoms with Crippen LogP contribution < -0.4 is 5.32 Å². The molecule has 0 rings (SSSR count). The Kier molecular flexibility index (Phi) is 7.01. The van der Waals surface area contributed by atoms with Gasteiger partial charge in [0.2, 0.25) is 5.91 Å². The van der Waals surface area contributed by atoms with Gasteiger partial charge in [-0.1, -0.05) is 6.58 Å². The summed E-state index contributed by atoms with van der Waals surface area (Å²) in [7, 11) is -1.65. The van der Waals surface area contributed by atoms with E-state index in [9.17, 15) is 22.6 Å². The van der Waals surface area contributed by atoms with E-state index in [1.807, 2.05) is 0 Å². The number of nitrogens with zero attached hydrogens (tertiary/aromatic N) is 1. The molecule has 1 atom stereocenters. The predicted molar refractivity (Wildman–Crippen MR) is 75.4 cm³/mol. The Labute approximate surface area is 124 Å². The zero-order valence-electron chi connectivity index (χ0n) is 12.5. The number of hydrogen-bond donors (Lipinski definition) is 2. The first-order valence-electron chi connectivity index (χ1n) is 6.30. The molecule has 0 radical (unpaired) electrons. The average molecular weight is 322 g/mol. The van der Waals surface area contributed by atoms with Crippen LogP contribution in [-0.4, -0.2) is 73.4 Å². The lowest BCUT2D eigenvalue weighted by Gasteiger charge is -2.33. The molecule has 0 aromatic rings. The number of quaternary nitrogens is 1. The van der Waals surface area contributed by atoms with Crippen LogP contribution in [0.15, 0.2) is 12.2 Å². The van der Waals surface area contributed by atoms with Gasteiger partial charge >= 0.3 is 5.97 Å². The van der Waals surface area contributed by atoms with Crippen molar-refractivity contribution in [3.05, 3.63) is 12.2 Å². The standard InChI is InChI=1S/C12H22N2O6S/c1-9(2)11(15)13-6-5-7-14(3,4)8-10(12(16)17)21(18,19)20/h10H,1,5-8H2,2-4H3,(H2-,13,15,16,17,18,19,20). The number of aliphatic carboxylic acids is 1. The number of rotatable bonds is 9. The molecule has 0 saturated heterocycles. The Balaban J connectivity index is 4.46. The van der Waals surface area contributed by atoms with Gasteiger partial charge in [-0.15, -0.1) is 0 Å². The van der Waals surface area contributed by atoms with Crippen LogP contribution >= 0.6 is 0 Å². The topological polar surface area (TPSA) is 124 Å². The number of carbonyl (C=O) groups is 2. The number of hydrogen-bond acceptors (Lipinski definition) is 5. The minimum absolute atomic E-state index is 0.0430. The van der Waals surface area contributed by atoms with Crippen molar-refractivity contribution in [3.63, 3.8) is 0 Å². The third kappa shape index (κ3) is 7.78. The highest BCUT2D eigenvalue weighted by Crippen LogP contribution is 2.08. The van der Waals surface area contributed by atoms with E-state index in [2.05, 4.69) is 11.9 Å². The SMILES string of the molecule is C=C(C)C(=O)NCCC[N+](C)(C)CC(C(=O)O)S(=O)(=O)[O-]. The van der Waals surface area contributed by atoms with Crippen molar-refractivity contribution in [2.45, 2.75) is 18.6 Å². The molecular formula is C12H22N2O6S. The molecule has 8 nitrogen and oxygen atoms in total. The third-order valence-electron chi connectivity index (χ3n) is 2.90. The van der Waals surface area contributed by atoms with E-state index in [-0.39, 0.29) is 16.9 Å². The van der Waals surface area contributed by atoms with E-state index in [1.165, 1.54) is 0 Å². The van der Waals surface area contributed by atoms with Gasteiger partial charge in [-0.3, -0.25) is 9.59 Å². The highest BCUT2D eigenvalue weighted by atomic mass is 32.2. The molecule has 0 aromatic carbocycles. The summed E-state index contributed by atoms with van der Waals surface area (Å²) in [5.41, 5.74) is 0.382. The molecule has 0 saturated carbocycles. The number of amides is 1. The van der Waals surface area contributed by atoms with Gasteiger partial charge in [0, 0.05) is 18.5 Å². The van der Waals surface area contributed by atoms with E-state index in [0.29, 0.717) is 25.1 Å². The molecule has 0 fully saturated rings. The zero-order chi connectivity index (χ0) is 16.8. The highest BCUT2D eigenvalue weighted by Gasteiger charge is 2.32. The van der Waals surface area contributed by atoms with Crippen LogP contribution in [0.25, 0.3) is 0 Å². The third-order valence-corrected chi connectivity index (χ3v) is 3.94. The van der Waals surface area contributed by atoms with Crippen molar-refractivity contribution in [1.29, 1.82) is 0 Å². The molecule has 0 spiro atoms. The van der Waals surface area contributed by atoms with Gasteiger partial charge in [0.1, 0.15) is 16.7 Å². The number of carboxylic acids is 1. The molecule has 0 aliphatic carbocycles. The number of carbonyl (C=O) groups excluding carboxylic acids is 1. The number of nitrogens with one attached hydrogen (secondary N) is 1. The molecule has 1 unspecified atom stereocenters. The van der Waals surface area contributed by atoms with Crippen LogP contribution in [-0.2, 0) is 19.7 Å². The Bertz CT molecular complexity index is 512. The molecule has 1 amide bonds. The Morgan fingerprint density at radius 3 is 2.29 bits per heavy atom. The first-order valence-corrected chi connectivity index (χ1v) is 7.77. The molecule has 9 heteroatoms. The van der Waals surface area contributed by atoms with Crippen molar-refractivity contribution < 1.29 is 32.1 Å². The van der Waals surface area contributed by atoms with Crippen LogP contribution in [0.4, 0.5) is 0 Å². The minimum atomic E-state index is -4.90. The molecule has 0 aromatic heterocycles. The van der Waals surface area contributed by atoms with Crippen LogP contribution in [0.3, 0.4) is 0 Å². The average Bonchev–Trinajstić information content (AvgIpc) is 2.29. The summed E-state index contributed by atoms with van der Waals surface area (Å²) in [6.45, 7) is 5.51. The van der Waals surface area contributed by atoms with Crippen molar-refractivity contribution in [1.82, 2.24) is 5.32 Å². The summed E-state index contributed by atoms with van der Waals surface area (Å²) in [6, 6.07) is 0. The quantitative estimate of drug-likeness (QED) is 0.246. The van der Waals surface area contributed by atoms with Crippen molar-refractivity contribution >= 4 is 22.0 Å². The second-order valence-corrected chi connectivity index (χ2v) is 7.11. The molecular weight excluding hydrogens is 300 g/mol. The fourth-order valence-corrected chi connectivity index (χ4v) is 2.53. The maximum atomic E-state index is 11.3. The van der Waals surface area contributed by atoms with E-state index >= 15 is 0 Å². The van der Waals surface area contributed by atoms with Gasteiger partial charge in [0.05, 0.1) is 20.6 Å². The van der Waals surface area contributed by atoms with Gasteiger partial charge < -0.3 is 19.5 Å². The van der Waals surface area contributed by atoms with Gasteiger partial charge in [0.25, 0.3) is 0 Å². The summed E-state index contributed by atoms with van der Waals surface area (Å²) in [5, 5.41) is 9.46. The Morgan fingerprint density at radius 2 is 1.90 bits per heavy atom. The molecule has 21 heavy (non-hydrogen) atoms. The minimum Gasteiger partial charge on any atom is -0.747 e. The van der Waals surface area contributed by atoms with Gasteiger partial charge in [-0.25, -0.2) is 8.42 Å². The van der Waals surface area contributed by atoms with Gasteiger partial charge in [-0.05, 0) is 6.92 Å². The zero-order valence-corrected chi connectivity index (χ0v) is 13.3. The Morgan fingerprint density at radius 1 is 1.38 bits per heavy atom. The normalized spacial score (nSPS) is 13.5. The predicted octanol–water partition coefficient (Wildman–Crippen LogP) is -0.856. The lowest BCUT2D eigenvalue weighted by molar-refractivity contribution is -0.889. The first-order chi connectivity index (χ1) is 9.37. The summed E-state index contributed by atoms with van der Waals surface area (Å²) in [4.78, 5) is 22.1. The lowest BCUT2D eigenvalue weighted by Crippen LogP contribution is -2.51. The largest absolute Gasteiger partial charge is 0.747 e. The summed E-state index contributed by atoms with van der Waals surface area (Å²) in [5.74, 6) is -1.92. The Hall–Kier alpha value is -1.45. The van der Waals surface area contributed by atoms with Crippen LogP contribution in [0.2, 0.25) is 0 Å². The van der Waals surface area contributed by atoms with E-state index in [0.717, 1.165) is 0 Å². The molecule has 0 aliphatic heterocycles. The first kappa shape index (κ1) is 19.6. The molecule has 0 bridgehead atoms. The summed E-state index contributed by atoms with van der Waals surface area (Å²) < 4.78 is 32.8. The van der Waals surface area contributed by atoms with E-state index in [1.54, 1.807) is 21.0 Å². The summed E-state index contributed by atoms with van der Waals surface area (Å²) >= 11 is 0. The highest BCUT2D eigenvalue weighted by molar-refractivity contribution is 7.87. The molecule has 122 valence electrons. The van der Waals surface area contributed by atoms with Gasteiger partial charge in [0.15, 0.2) is 5.25 Å². The fraction of sp³-hybridized carbons (Fsp3) is 0.667. The van der Waals surface area contributed by atoms with Crippen molar-refractivity contribution in [3.8, 4) is 0 Å². The second-order valence-electron chi connectivity index (χ2n) is 5.55. The molecule has 0 heterocycles. The van der Waals surface area contributed by atoms with E-state index in [4.69, 9.17) is 5.11 Å². The fourth-order valence-electron chi connectivity index (χ4n) is 1.69. The monoisotopic (exact) mass is 322 g/mol. The molecule has 0 aliphatic rings. The van der Waals surface area contributed by atoms with Gasteiger partial charge in [-0.2, -0.15) is 0 Å². The lowest BCUT2D eigenvalue weighted by atomic mass is 10.3.